The molecule has 0 saturated carbocycles. The summed E-state index contributed by atoms with van der Waals surface area (Å²) in [5.74, 6) is -1.84. The van der Waals surface area contributed by atoms with Crippen molar-refractivity contribution in [3.8, 4) is 0 Å². The Labute approximate surface area is 102 Å². The fourth-order valence-electron chi connectivity index (χ4n) is 1.75. The second-order valence-corrected chi connectivity index (χ2v) is 4.04. The van der Waals surface area contributed by atoms with Crippen molar-refractivity contribution in [3.05, 3.63) is 28.8 Å². The van der Waals surface area contributed by atoms with E-state index in [2.05, 4.69) is 0 Å². The van der Waals surface area contributed by atoms with E-state index >= 15 is 0 Å². The molecule has 0 atom stereocenters. The van der Waals surface area contributed by atoms with Crippen LogP contribution in [0.1, 0.15) is 16.8 Å². The topological polar surface area (TPSA) is 80.5 Å². The summed E-state index contributed by atoms with van der Waals surface area (Å²) >= 11 is 5.87. The SMILES string of the molecule is NC(=O)CCN1C(=O)C(=O)c2c(Cl)cccc21. The Bertz CT molecular complexity index is 527. The summed E-state index contributed by atoms with van der Waals surface area (Å²) in [4.78, 5) is 35.3. The maximum absolute atomic E-state index is 11.7. The van der Waals surface area contributed by atoms with Crippen LogP contribution < -0.4 is 10.6 Å². The highest BCUT2D eigenvalue weighted by Crippen LogP contribution is 2.33. The van der Waals surface area contributed by atoms with Crippen LogP contribution in [-0.2, 0) is 9.59 Å². The Balaban J connectivity index is 2.38. The molecule has 17 heavy (non-hydrogen) atoms. The number of primary amides is 1. The van der Waals surface area contributed by atoms with Gasteiger partial charge < -0.3 is 10.6 Å². The zero-order valence-electron chi connectivity index (χ0n) is 8.77. The lowest BCUT2D eigenvalue weighted by Gasteiger charge is -2.15. The molecule has 0 unspecified atom stereocenters. The Kier molecular flexibility index (Phi) is 2.85. The standard InChI is InChI=1S/C11H9ClN2O3/c12-6-2-1-3-7-9(6)10(16)11(17)14(7)5-4-8(13)15/h1-3H,4-5H2,(H2,13,15). The highest BCUT2D eigenvalue weighted by Gasteiger charge is 2.37. The minimum Gasteiger partial charge on any atom is -0.370 e. The van der Waals surface area contributed by atoms with Gasteiger partial charge in [-0.1, -0.05) is 17.7 Å². The maximum Gasteiger partial charge on any atom is 0.299 e. The van der Waals surface area contributed by atoms with Crippen molar-refractivity contribution < 1.29 is 14.4 Å². The van der Waals surface area contributed by atoms with Crippen LogP contribution >= 0.6 is 11.6 Å². The molecule has 2 rings (SSSR count). The molecule has 1 aromatic carbocycles. The molecule has 1 aromatic rings. The first-order chi connectivity index (χ1) is 8.02. The van der Waals surface area contributed by atoms with Crippen LogP contribution in [0.3, 0.4) is 0 Å². The third kappa shape index (κ3) is 1.89. The van der Waals surface area contributed by atoms with Crippen LogP contribution in [-0.4, -0.2) is 24.1 Å². The predicted molar refractivity (Wildman–Crippen MR) is 61.9 cm³/mol. The van der Waals surface area contributed by atoms with Crippen LogP contribution in [0.2, 0.25) is 5.02 Å². The van der Waals surface area contributed by atoms with Crippen molar-refractivity contribution in [3.63, 3.8) is 0 Å². The van der Waals surface area contributed by atoms with Crippen LogP contribution in [0.15, 0.2) is 18.2 Å². The van der Waals surface area contributed by atoms with E-state index < -0.39 is 17.6 Å². The normalized spacial score (nSPS) is 14.1. The first-order valence-electron chi connectivity index (χ1n) is 4.95. The van der Waals surface area contributed by atoms with Crippen molar-refractivity contribution >= 4 is 34.9 Å². The van der Waals surface area contributed by atoms with Crippen LogP contribution in [0.25, 0.3) is 0 Å². The molecule has 2 amide bonds. The number of nitrogens with zero attached hydrogens (tertiary/aromatic N) is 1. The molecule has 6 heteroatoms. The summed E-state index contributed by atoms with van der Waals surface area (Å²) in [6.45, 7) is 0.0905. The summed E-state index contributed by atoms with van der Waals surface area (Å²) in [7, 11) is 0. The van der Waals surface area contributed by atoms with Crippen LogP contribution in [0.4, 0.5) is 5.69 Å². The van der Waals surface area contributed by atoms with Crippen molar-refractivity contribution in [2.45, 2.75) is 6.42 Å². The first kappa shape index (κ1) is 11.6. The molecule has 0 radical (unpaired) electrons. The van der Waals surface area contributed by atoms with Crippen molar-refractivity contribution in [2.75, 3.05) is 11.4 Å². The number of hydrogen-bond acceptors (Lipinski definition) is 3. The van der Waals surface area contributed by atoms with Gasteiger partial charge in [0.25, 0.3) is 11.7 Å². The van der Waals surface area contributed by atoms with Crippen molar-refractivity contribution in [1.29, 1.82) is 0 Å². The van der Waals surface area contributed by atoms with E-state index in [9.17, 15) is 14.4 Å². The third-order valence-electron chi connectivity index (χ3n) is 2.53. The molecule has 1 aliphatic rings. The van der Waals surface area contributed by atoms with E-state index in [-0.39, 0.29) is 23.6 Å². The van der Waals surface area contributed by atoms with Gasteiger partial charge in [0.1, 0.15) is 0 Å². The largest absolute Gasteiger partial charge is 0.370 e. The summed E-state index contributed by atoms with van der Waals surface area (Å²) in [5, 5.41) is 0.238. The zero-order chi connectivity index (χ0) is 12.6. The number of carbonyl (C=O) groups excluding carboxylic acids is 3. The molecule has 2 N–H and O–H groups in total. The highest BCUT2D eigenvalue weighted by molar-refractivity contribution is 6.55. The van der Waals surface area contributed by atoms with E-state index in [1.807, 2.05) is 0 Å². The smallest absolute Gasteiger partial charge is 0.299 e. The van der Waals surface area contributed by atoms with Gasteiger partial charge in [-0.2, -0.15) is 0 Å². The fraction of sp³-hybridized carbons (Fsp3) is 0.182. The van der Waals surface area contributed by atoms with Gasteiger partial charge in [0.2, 0.25) is 5.91 Å². The number of rotatable bonds is 3. The van der Waals surface area contributed by atoms with E-state index in [0.717, 1.165) is 0 Å². The summed E-state index contributed by atoms with van der Waals surface area (Å²) in [5.41, 5.74) is 5.65. The molecule has 0 spiro atoms. The van der Waals surface area contributed by atoms with Gasteiger partial charge in [-0.05, 0) is 12.1 Å². The van der Waals surface area contributed by atoms with E-state index in [4.69, 9.17) is 17.3 Å². The lowest BCUT2D eigenvalue weighted by atomic mass is 10.1. The summed E-state index contributed by atoms with van der Waals surface area (Å²) in [6, 6.07) is 4.80. The number of hydrogen-bond donors (Lipinski definition) is 1. The fourth-order valence-corrected chi connectivity index (χ4v) is 2.00. The molecule has 5 nitrogen and oxygen atoms in total. The van der Waals surface area contributed by atoms with Crippen molar-refractivity contribution in [2.24, 2.45) is 5.73 Å². The minimum atomic E-state index is -0.672. The number of ketones is 1. The summed E-state index contributed by atoms with van der Waals surface area (Å²) in [6.07, 6.45) is 0.00493. The number of halogens is 1. The molecule has 0 fully saturated rings. The molecule has 0 saturated heterocycles. The Morgan fingerprint density at radius 3 is 2.71 bits per heavy atom. The van der Waals surface area contributed by atoms with Gasteiger partial charge in [-0.25, -0.2) is 0 Å². The molecule has 1 aliphatic heterocycles. The Morgan fingerprint density at radius 1 is 1.35 bits per heavy atom. The predicted octanol–water partition coefficient (Wildman–Crippen LogP) is 0.745. The second-order valence-electron chi connectivity index (χ2n) is 3.64. The number of benzene rings is 1. The Hall–Kier alpha value is -1.88. The molecule has 0 bridgehead atoms. The Morgan fingerprint density at radius 2 is 2.06 bits per heavy atom. The number of Topliss-reactive ketones (excluding diaryl/α,β-unsaturated/α-hetero) is 1. The minimum absolute atomic E-state index is 0.00493. The third-order valence-corrected chi connectivity index (χ3v) is 2.85. The molecule has 0 aliphatic carbocycles. The van der Waals surface area contributed by atoms with Gasteiger partial charge >= 0.3 is 0 Å². The van der Waals surface area contributed by atoms with E-state index in [1.165, 1.54) is 4.90 Å². The van der Waals surface area contributed by atoms with E-state index in [1.54, 1.807) is 18.2 Å². The van der Waals surface area contributed by atoms with Gasteiger partial charge in [0.15, 0.2) is 0 Å². The second kappa shape index (κ2) is 4.18. The molecular formula is C11H9ClN2O3. The van der Waals surface area contributed by atoms with Gasteiger partial charge in [-0.15, -0.1) is 0 Å². The van der Waals surface area contributed by atoms with Gasteiger partial charge in [0.05, 0.1) is 16.3 Å². The number of anilines is 1. The average Bonchev–Trinajstić information content (AvgIpc) is 2.51. The molecular weight excluding hydrogens is 244 g/mol. The van der Waals surface area contributed by atoms with Crippen LogP contribution in [0, 0.1) is 0 Å². The quantitative estimate of drug-likeness (QED) is 0.806. The number of fused-ring (bicyclic) bond motifs is 1. The maximum atomic E-state index is 11.7. The molecule has 1 heterocycles. The van der Waals surface area contributed by atoms with Gasteiger partial charge in [-0.3, -0.25) is 14.4 Å². The first-order valence-corrected chi connectivity index (χ1v) is 5.33. The average molecular weight is 253 g/mol. The van der Waals surface area contributed by atoms with Gasteiger partial charge in [0, 0.05) is 13.0 Å². The number of carbonyl (C=O) groups is 3. The molecule has 88 valence electrons. The number of nitrogens with two attached hydrogens (primary N) is 1. The lowest BCUT2D eigenvalue weighted by Crippen LogP contribution is -2.32. The number of amides is 2. The monoisotopic (exact) mass is 252 g/mol. The molecule has 0 aromatic heterocycles. The van der Waals surface area contributed by atoms with Crippen LogP contribution in [0.5, 0.6) is 0 Å². The summed E-state index contributed by atoms with van der Waals surface area (Å²) < 4.78 is 0. The zero-order valence-corrected chi connectivity index (χ0v) is 9.53. The van der Waals surface area contributed by atoms with E-state index in [0.29, 0.717) is 5.69 Å². The highest BCUT2D eigenvalue weighted by atomic mass is 35.5. The van der Waals surface area contributed by atoms with Crippen molar-refractivity contribution in [1.82, 2.24) is 0 Å². The lowest BCUT2D eigenvalue weighted by molar-refractivity contribution is -0.118.